The number of nitrogens with one attached hydrogen (secondary N) is 1. The van der Waals surface area contributed by atoms with E-state index in [1.54, 1.807) is 19.1 Å². The van der Waals surface area contributed by atoms with Crippen LogP contribution in [-0.2, 0) is 20.6 Å². The van der Waals surface area contributed by atoms with E-state index in [1.807, 2.05) is 26.0 Å². The highest BCUT2D eigenvalue weighted by molar-refractivity contribution is 7.88. The Morgan fingerprint density at radius 1 is 1.40 bits per heavy atom. The maximum absolute atomic E-state index is 12.1. The Morgan fingerprint density at radius 3 is 2.55 bits per heavy atom. The number of rotatable bonds is 7. The van der Waals surface area contributed by atoms with Gasteiger partial charge in [0.25, 0.3) is 0 Å². The zero-order valence-electron chi connectivity index (χ0n) is 12.1. The fourth-order valence-corrected chi connectivity index (χ4v) is 3.38. The number of nitrogens with two attached hydrogens (primary N) is 1. The van der Waals surface area contributed by atoms with Crippen LogP contribution in [0.3, 0.4) is 0 Å². The highest BCUT2D eigenvalue weighted by atomic mass is 32.2. The summed E-state index contributed by atoms with van der Waals surface area (Å²) >= 11 is 0. The van der Waals surface area contributed by atoms with Crippen LogP contribution in [0.25, 0.3) is 0 Å². The molecule has 1 aromatic rings. The molecule has 3 N–H and O–H groups in total. The quantitative estimate of drug-likeness (QED) is 0.795. The molecule has 0 aliphatic heterocycles. The molecule has 0 saturated carbocycles. The smallest absolute Gasteiger partial charge is 0.235 e. The summed E-state index contributed by atoms with van der Waals surface area (Å²) in [5.41, 5.74) is 6.95. The van der Waals surface area contributed by atoms with E-state index >= 15 is 0 Å². The van der Waals surface area contributed by atoms with Gasteiger partial charge in [0.05, 0.1) is 5.75 Å². The molecule has 0 unspecified atom stereocenters. The molecule has 6 heteroatoms. The molecular weight excluding hydrogens is 276 g/mol. The van der Waals surface area contributed by atoms with E-state index in [-0.39, 0.29) is 11.7 Å². The number of sulfonamides is 1. The molecule has 0 spiro atoms. The van der Waals surface area contributed by atoms with Crippen molar-refractivity contribution < 1.29 is 13.2 Å². The van der Waals surface area contributed by atoms with E-state index in [1.165, 1.54) is 0 Å². The lowest BCUT2D eigenvalue weighted by molar-refractivity contribution is -0.120. The number of benzene rings is 1. The van der Waals surface area contributed by atoms with Gasteiger partial charge in [-0.15, -0.1) is 0 Å². The summed E-state index contributed by atoms with van der Waals surface area (Å²) < 4.78 is 26.7. The van der Waals surface area contributed by atoms with Gasteiger partial charge in [0, 0.05) is 0 Å². The third kappa shape index (κ3) is 4.94. The molecule has 1 aromatic carbocycles. The first-order valence-corrected chi connectivity index (χ1v) is 8.25. The monoisotopic (exact) mass is 298 g/mol. The van der Waals surface area contributed by atoms with E-state index in [2.05, 4.69) is 4.72 Å². The number of carbonyl (C=O) groups is 1. The number of hydrogen-bond donors (Lipinski definition) is 2. The van der Waals surface area contributed by atoms with Gasteiger partial charge in [-0.2, -0.15) is 0 Å². The number of amides is 1. The minimum absolute atomic E-state index is 0.139. The van der Waals surface area contributed by atoms with Gasteiger partial charge in [0.2, 0.25) is 15.9 Å². The second kappa shape index (κ2) is 6.85. The van der Waals surface area contributed by atoms with Crippen LogP contribution in [0.15, 0.2) is 24.3 Å². The van der Waals surface area contributed by atoms with Crippen LogP contribution in [0.4, 0.5) is 0 Å². The fraction of sp³-hybridized carbons (Fsp3) is 0.500. The van der Waals surface area contributed by atoms with Gasteiger partial charge in [-0.3, -0.25) is 4.79 Å². The summed E-state index contributed by atoms with van der Waals surface area (Å²) in [6.07, 6.45) is 0.667. The minimum atomic E-state index is -3.60. The largest absolute Gasteiger partial charge is 0.368 e. The van der Waals surface area contributed by atoms with Gasteiger partial charge in [0.15, 0.2) is 0 Å². The third-order valence-corrected chi connectivity index (χ3v) is 4.59. The highest BCUT2D eigenvalue weighted by Gasteiger charge is 2.26. The molecule has 1 amide bonds. The number of carbonyl (C=O) groups excluding carboxylic acids is 1. The first kappa shape index (κ1) is 16.7. The Morgan fingerprint density at radius 2 is 2.05 bits per heavy atom. The van der Waals surface area contributed by atoms with Crippen molar-refractivity contribution in [2.75, 3.05) is 0 Å². The Kier molecular flexibility index (Phi) is 5.71. The second-order valence-corrected chi connectivity index (χ2v) is 6.89. The van der Waals surface area contributed by atoms with Crippen LogP contribution >= 0.6 is 0 Å². The molecule has 0 bridgehead atoms. The van der Waals surface area contributed by atoms with Crippen molar-refractivity contribution in [3.63, 3.8) is 0 Å². The van der Waals surface area contributed by atoms with Crippen LogP contribution in [0.1, 0.15) is 31.4 Å². The van der Waals surface area contributed by atoms with Gasteiger partial charge >= 0.3 is 0 Å². The topological polar surface area (TPSA) is 89.3 Å². The lowest BCUT2D eigenvalue weighted by Gasteiger charge is -2.21. The molecule has 5 nitrogen and oxygen atoms in total. The number of aryl methyl sites for hydroxylation is 1. The SMILES string of the molecule is CC[C@H](C)[C@@H](NS(=O)(=O)Cc1cccc(C)c1)C(N)=O. The summed E-state index contributed by atoms with van der Waals surface area (Å²) in [6.45, 7) is 5.58. The van der Waals surface area contributed by atoms with Gasteiger partial charge in [-0.05, 0) is 18.4 Å². The predicted molar refractivity (Wildman–Crippen MR) is 79.4 cm³/mol. The van der Waals surface area contributed by atoms with Crippen LogP contribution in [-0.4, -0.2) is 20.4 Å². The van der Waals surface area contributed by atoms with Crippen molar-refractivity contribution in [1.29, 1.82) is 0 Å². The summed E-state index contributed by atoms with van der Waals surface area (Å²) in [5.74, 6) is -0.943. The number of primary amides is 1. The van der Waals surface area contributed by atoms with Gasteiger partial charge in [0.1, 0.15) is 6.04 Å². The standard InChI is InChI=1S/C14H22N2O3S/c1-4-11(3)13(14(15)17)16-20(18,19)9-12-7-5-6-10(2)8-12/h5-8,11,13,16H,4,9H2,1-3H3,(H2,15,17)/t11-,13+/m0/s1. The molecule has 0 aliphatic carbocycles. The predicted octanol–water partition coefficient (Wildman–Crippen LogP) is 1.31. The van der Waals surface area contributed by atoms with Crippen LogP contribution in [0.2, 0.25) is 0 Å². The zero-order valence-corrected chi connectivity index (χ0v) is 12.9. The van der Waals surface area contributed by atoms with Crippen molar-refractivity contribution >= 4 is 15.9 Å². The van der Waals surface area contributed by atoms with Crippen molar-refractivity contribution in [2.45, 2.75) is 39.0 Å². The average molecular weight is 298 g/mol. The summed E-state index contributed by atoms with van der Waals surface area (Å²) in [5, 5.41) is 0. The molecule has 112 valence electrons. The molecule has 0 aliphatic rings. The minimum Gasteiger partial charge on any atom is -0.368 e. The molecule has 0 fully saturated rings. The van der Waals surface area contributed by atoms with E-state index in [0.717, 1.165) is 5.56 Å². The van der Waals surface area contributed by atoms with Crippen molar-refractivity contribution in [1.82, 2.24) is 4.72 Å². The molecule has 2 atom stereocenters. The van der Waals surface area contributed by atoms with Gasteiger partial charge < -0.3 is 5.73 Å². The Hall–Kier alpha value is -1.40. The van der Waals surface area contributed by atoms with Crippen molar-refractivity contribution in [3.05, 3.63) is 35.4 Å². The zero-order chi connectivity index (χ0) is 15.3. The van der Waals surface area contributed by atoms with Gasteiger partial charge in [-0.1, -0.05) is 50.1 Å². The second-order valence-electron chi connectivity index (χ2n) is 5.13. The average Bonchev–Trinajstić information content (AvgIpc) is 2.34. The molecule has 1 rings (SSSR count). The van der Waals surface area contributed by atoms with Crippen LogP contribution in [0, 0.1) is 12.8 Å². The molecule has 0 saturated heterocycles. The summed E-state index contributed by atoms with van der Waals surface area (Å²) in [6, 6.07) is 6.39. The summed E-state index contributed by atoms with van der Waals surface area (Å²) in [4.78, 5) is 11.4. The summed E-state index contributed by atoms with van der Waals surface area (Å²) in [7, 11) is -3.60. The number of hydrogen-bond acceptors (Lipinski definition) is 3. The maximum Gasteiger partial charge on any atom is 0.235 e. The van der Waals surface area contributed by atoms with Crippen molar-refractivity contribution in [2.24, 2.45) is 11.7 Å². The van der Waals surface area contributed by atoms with Gasteiger partial charge in [-0.25, -0.2) is 13.1 Å². The van der Waals surface area contributed by atoms with Crippen LogP contribution < -0.4 is 10.5 Å². The normalized spacial score (nSPS) is 14.8. The fourth-order valence-electron chi connectivity index (χ4n) is 1.95. The molecule has 0 heterocycles. The maximum atomic E-state index is 12.1. The van der Waals surface area contributed by atoms with E-state index in [4.69, 9.17) is 5.73 Å². The molecule has 0 radical (unpaired) electrons. The highest BCUT2D eigenvalue weighted by Crippen LogP contribution is 2.12. The molecule has 0 aromatic heterocycles. The first-order valence-electron chi connectivity index (χ1n) is 6.60. The van der Waals surface area contributed by atoms with E-state index in [9.17, 15) is 13.2 Å². The Labute approximate surface area is 120 Å². The van der Waals surface area contributed by atoms with Crippen LogP contribution in [0.5, 0.6) is 0 Å². The van der Waals surface area contributed by atoms with E-state index < -0.39 is 22.0 Å². The molecule has 20 heavy (non-hydrogen) atoms. The lowest BCUT2D eigenvalue weighted by Crippen LogP contribution is -2.48. The third-order valence-electron chi connectivity index (χ3n) is 3.27. The Bertz CT molecular complexity index is 570. The molecular formula is C14H22N2O3S. The first-order chi connectivity index (χ1) is 9.25. The Balaban J connectivity index is 2.85. The lowest BCUT2D eigenvalue weighted by atomic mass is 10.00. The van der Waals surface area contributed by atoms with E-state index in [0.29, 0.717) is 12.0 Å². The van der Waals surface area contributed by atoms with Crippen molar-refractivity contribution in [3.8, 4) is 0 Å².